The third-order valence-corrected chi connectivity index (χ3v) is 2.82. The zero-order valence-electron chi connectivity index (χ0n) is 8.41. The topological polar surface area (TPSA) is 53.0 Å². The molecule has 0 saturated heterocycles. The molecule has 1 heterocycles. The smallest absolute Gasteiger partial charge is 0.102 e. The minimum atomic E-state index is 0.396. The van der Waals surface area contributed by atoms with Crippen LogP contribution < -0.4 is 10.6 Å². The van der Waals surface area contributed by atoms with E-state index in [1.54, 1.807) is 0 Å². The van der Waals surface area contributed by atoms with Gasteiger partial charge in [0.15, 0.2) is 0 Å². The predicted molar refractivity (Wildman–Crippen MR) is 57.3 cm³/mol. The Bertz CT molecular complexity index is 417. The maximum Gasteiger partial charge on any atom is 0.102 e. The Morgan fingerprint density at radius 3 is 2.93 bits per heavy atom. The van der Waals surface area contributed by atoms with Crippen LogP contribution in [0.3, 0.4) is 0 Å². The van der Waals surface area contributed by atoms with E-state index in [9.17, 15) is 0 Å². The lowest BCUT2D eigenvalue weighted by Gasteiger charge is -2.12. The highest BCUT2D eigenvalue weighted by Gasteiger charge is 2.26. The van der Waals surface area contributed by atoms with Crippen molar-refractivity contribution in [1.82, 2.24) is 0 Å². The highest BCUT2D eigenvalue weighted by atomic mass is 15.1. The third-order valence-electron chi connectivity index (χ3n) is 2.82. The van der Waals surface area contributed by atoms with Crippen LogP contribution >= 0.6 is 0 Å². The summed E-state index contributed by atoms with van der Waals surface area (Å²) in [6.07, 6.45) is 0. The number of nitrogen functional groups attached to an aromatic ring is 1. The van der Waals surface area contributed by atoms with E-state index in [2.05, 4.69) is 17.9 Å². The van der Waals surface area contributed by atoms with Crippen LogP contribution in [0.2, 0.25) is 0 Å². The normalized spacial score (nSPS) is 19.2. The Morgan fingerprint density at radius 1 is 1.57 bits per heavy atom. The standard InChI is InChI=1S/C11H13N3/c1-7-6-14(2)10-4-3-9(13)8(5-12)11(7)10/h3-4,7H,6,13H2,1-2H3. The molecule has 3 heteroatoms. The van der Waals surface area contributed by atoms with Crippen molar-refractivity contribution < 1.29 is 0 Å². The van der Waals surface area contributed by atoms with Gasteiger partial charge in [0, 0.05) is 30.9 Å². The molecule has 0 spiro atoms. The predicted octanol–water partition coefficient (Wildman–Crippen LogP) is 1.69. The van der Waals surface area contributed by atoms with Gasteiger partial charge in [-0.2, -0.15) is 5.26 Å². The van der Waals surface area contributed by atoms with Crippen molar-refractivity contribution in [3.63, 3.8) is 0 Å². The Labute approximate surface area is 83.7 Å². The summed E-state index contributed by atoms with van der Waals surface area (Å²) < 4.78 is 0. The van der Waals surface area contributed by atoms with Gasteiger partial charge >= 0.3 is 0 Å². The Hall–Kier alpha value is -1.69. The maximum atomic E-state index is 9.04. The average Bonchev–Trinajstić information content (AvgIpc) is 2.43. The molecule has 0 bridgehead atoms. The molecule has 2 rings (SSSR count). The number of hydrogen-bond donors (Lipinski definition) is 1. The number of fused-ring (bicyclic) bond motifs is 1. The highest BCUT2D eigenvalue weighted by molar-refractivity contribution is 5.72. The van der Waals surface area contributed by atoms with E-state index in [4.69, 9.17) is 11.0 Å². The number of nitrogens with zero attached hydrogens (tertiary/aromatic N) is 2. The summed E-state index contributed by atoms with van der Waals surface area (Å²) in [5.74, 6) is 0.396. The van der Waals surface area contributed by atoms with Gasteiger partial charge < -0.3 is 10.6 Å². The summed E-state index contributed by atoms with van der Waals surface area (Å²) in [5, 5.41) is 9.04. The summed E-state index contributed by atoms with van der Waals surface area (Å²) >= 11 is 0. The molecule has 72 valence electrons. The second-order valence-electron chi connectivity index (χ2n) is 3.86. The first-order valence-electron chi connectivity index (χ1n) is 4.68. The van der Waals surface area contributed by atoms with E-state index in [1.165, 1.54) is 0 Å². The van der Waals surface area contributed by atoms with Crippen molar-refractivity contribution in [2.45, 2.75) is 12.8 Å². The van der Waals surface area contributed by atoms with Crippen LogP contribution in [0.1, 0.15) is 24.0 Å². The van der Waals surface area contributed by atoms with Crippen LogP contribution in [0.4, 0.5) is 11.4 Å². The van der Waals surface area contributed by atoms with Crippen LogP contribution in [0.15, 0.2) is 12.1 Å². The van der Waals surface area contributed by atoms with E-state index >= 15 is 0 Å². The van der Waals surface area contributed by atoms with E-state index in [-0.39, 0.29) is 0 Å². The van der Waals surface area contributed by atoms with Crippen molar-refractivity contribution in [3.05, 3.63) is 23.3 Å². The SMILES string of the molecule is CC1CN(C)c2ccc(N)c(C#N)c21. The molecule has 0 aromatic heterocycles. The van der Waals surface area contributed by atoms with E-state index in [0.717, 1.165) is 17.8 Å². The Balaban J connectivity index is 2.70. The lowest BCUT2D eigenvalue weighted by atomic mass is 9.97. The number of anilines is 2. The van der Waals surface area contributed by atoms with Crippen LogP contribution in [-0.2, 0) is 0 Å². The molecular formula is C11H13N3. The second-order valence-corrected chi connectivity index (χ2v) is 3.86. The molecule has 1 aromatic carbocycles. The minimum absolute atomic E-state index is 0.396. The fraction of sp³-hybridized carbons (Fsp3) is 0.364. The highest BCUT2D eigenvalue weighted by Crippen LogP contribution is 2.39. The fourth-order valence-corrected chi connectivity index (χ4v) is 2.18. The summed E-state index contributed by atoms with van der Waals surface area (Å²) in [5.41, 5.74) is 9.26. The third kappa shape index (κ3) is 1.04. The van der Waals surface area contributed by atoms with E-state index in [1.807, 2.05) is 19.2 Å². The first-order chi connectivity index (χ1) is 6.65. The largest absolute Gasteiger partial charge is 0.398 e. The molecule has 1 atom stereocenters. The van der Waals surface area contributed by atoms with Crippen LogP contribution in [-0.4, -0.2) is 13.6 Å². The zero-order valence-corrected chi connectivity index (χ0v) is 8.41. The van der Waals surface area contributed by atoms with Gasteiger partial charge in [-0.1, -0.05) is 6.92 Å². The zero-order chi connectivity index (χ0) is 10.3. The van der Waals surface area contributed by atoms with Crippen LogP contribution in [0, 0.1) is 11.3 Å². The second kappa shape index (κ2) is 2.91. The number of benzene rings is 1. The minimum Gasteiger partial charge on any atom is -0.398 e. The average molecular weight is 187 g/mol. The Kier molecular flexibility index (Phi) is 1.85. The molecule has 0 saturated carbocycles. The van der Waals surface area contributed by atoms with E-state index < -0.39 is 0 Å². The van der Waals surface area contributed by atoms with Crippen LogP contribution in [0.5, 0.6) is 0 Å². The first kappa shape index (κ1) is 8.89. The molecule has 0 radical (unpaired) electrons. The molecule has 1 aliphatic heterocycles. The number of nitrogens with two attached hydrogens (primary N) is 1. The number of hydrogen-bond acceptors (Lipinski definition) is 3. The molecular weight excluding hydrogens is 174 g/mol. The molecule has 0 amide bonds. The van der Waals surface area contributed by atoms with Gasteiger partial charge in [-0.3, -0.25) is 0 Å². The molecule has 1 aliphatic rings. The van der Waals surface area contributed by atoms with Gasteiger partial charge in [-0.05, 0) is 17.7 Å². The van der Waals surface area contributed by atoms with Crippen molar-refractivity contribution in [2.24, 2.45) is 0 Å². The summed E-state index contributed by atoms with van der Waals surface area (Å²) in [4.78, 5) is 2.17. The first-order valence-corrected chi connectivity index (χ1v) is 4.68. The molecule has 0 fully saturated rings. The number of rotatable bonds is 0. The number of likely N-dealkylation sites (N-methyl/N-ethyl adjacent to an activating group) is 1. The van der Waals surface area contributed by atoms with Gasteiger partial charge in [-0.25, -0.2) is 0 Å². The molecule has 0 aliphatic carbocycles. The van der Waals surface area contributed by atoms with Gasteiger partial charge in [0.1, 0.15) is 6.07 Å². The molecule has 1 aromatic rings. The molecule has 3 nitrogen and oxygen atoms in total. The lowest BCUT2D eigenvalue weighted by Crippen LogP contribution is -2.13. The maximum absolute atomic E-state index is 9.04. The van der Waals surface area contributed by atoms with Crippen molar-refractivity contribution in [3.8, 4) is 6.07 Å². The van der Waals surface area contributed by atoms with Gasteiger partial charge in [-0.15, -0.1) is 0 Å². The summed E-state index contributed by atoms with van der Waals surface area (Å²) in [6.45, 7) is 3.09. The van der Waals surface area contributed by atoms with Crippen LogP contribution in [0.25, 0.3) is 0 Å². The Morgan fingerprint density at radius 2 is 2.29 bits per heavy atom. The number of nitriles is 1. The van der Waals surface area contributed by atoms with Crippen molar-refractivity contribution in [2.75, 3.05) is 24.2 Å². The van der Waals surface area contributed by atoms with Gasteiger partial charge in [0.2, 0.25) is 0 Å². The lowest BCUT2D eigenvalue weighted by molar-refractivity contribution is 0.795. The van der Waals surface area contributed by atoms with Gasteiger partial charge in [0.25, 0.3) is 0 Å². The summed E-state index contributed by atoms with van der Waals surface area (Å²) in [6, 6.07) is 6.00. The molecule has 2 N–H and O–H groups in total. The van der Waals surface area contributed by atoms with E-state index in [0.29, 0.717) is 17.2 Å². The van der Waals surface area contributed by atoms with Gasteiger partial charge in [0.05, 0.1) is 5.56 Å². The monoisotopic (exact) mass is 187 g/mol. The quantitative estimate of drug-likeness (QED) is 0.629. The van der Waals surface area contributed by atoms with Crippen molar-refractivity contribution >= 4 is 11.4 Å². The fourth-order valence-electron chi connectivity index (χ4n) is 2.18. The summed E-state index contributed by atoms with van der Waals surface area (Å²) in [7, 11) is 2.04. The van der Waals surface area contributed by atoms with Crippen molar-refractivity contribution in [1.29, 1.82) is 5.26 Å². The molecule has 14 heavy (non-hydrogen) atoms. The molecule has 1 unspecified atom stereocenters.